The third-order valence-corrected chi connectivity index (χ3v) is 5.36. The molecular formula is C15H28O. The monoisotopic (exact) mass is 224 g/mol. The first kappa shape index (κ1) is 12.4. The number of hydrogen-bond donors (Lipinski definition) is 1. The van der Waals surface area contributed by atoms with Gasteiger partial charge in [-0.05, 0) is 36.5 Å². The van der Waals surface area contributed by atoms with Gasteiger partial charge in [0.25, 0.3) is 0 Å². The highest BCUT2D eigenvalue weighted by molar-refractivity contribution is 4.93. The highest BCUT2D eigenvalue weighted by atomic mass is 16.3. The van der Waals surface area contributed by atoms with Crippen LogP contribution >= 0.6 is 0 Å². The van der Waals surface area contributed by atoms with Crippen molar-refractivity contribution >= 4 is 0 Å². The molecule has 3 atom stereocenters. The molecule has 0 spiro atoms. The lowest BCUT2D eigenvalue weighted by Gasteiger charge is -2.41. The summed E-state index contributed by atoms with van der Waals surface area (Å²) >= 11 is 0. The maximum absolute atomic E-state index is 10.7. The first-order valence-electron chi connectivity index (χ1n) is 7.35. The highest BCUT2D eigenvalue weighted by Crippen LogP contribution is 2.47. The molecule has 16 heavy (non-hydrogen) atoms. The Kier molecular flexibility index (Phi) is 3.94. The summed E-state index contributed by atoms with van der Waals surface area (Å²) in [5, 5.41) is 10.7. The van der Waals surface area contributed by atoms with E-state index in [2.05, 4.69) is 13.8 Å². The van der Waals surface area contributed by atoms with Gasteiger partial charge in [0.1, 0.15) is 0 Å². The summed E-state index contributed by atoms with van der Waals surface area (Å²) in [6.07, 6.45) is 11.8. The van der Waals surface area contributed by atoms with Crippen LogP contribution < -0.4 is 0 Å². The molecule has 2 fully saturated rings. The van der Waals surface area contributed by atoms with Crippen molar-refractivity contribution in [2.75, 3.05) is 0 Å². The third-order valence-electron chi connectivity index (χ3n) is 5.36. The number of rotatable bonds is 3. The standard InChI is InChI=1S/C15H28O/c1-3-12-8-4-5-9-13(12)14(16)15(2)10-6-7-11-15/h12-14,16H,3-11H2,1-2H3. The summed E-state index contributed by atoms with van der Waals surface area (Å²) in [5.41, 5.74) is 0.245. The fraction of sp³-hybridized carbons (Fsp3) is 1.00. The Labute approximate surface area is 101 Å². The summed E-state index contributed by atoms with van der Waals surface area (Å²) in [7, 11) is 0. The molecule has 0 saturated heterocycles. The van der Waals surface area contributed by atoms with E-state index >= 15 is 0 Å². The van der Waals surface area contributed by atoms with Crippen LogP contribution in [0.5, 0.6) is 0 Å². The molecule has 0 heterocycles. The van der Waals surface area contributed by atoms with E-state index in [1.807, 2.05) is 0 Å². The second-order valence-electron chi connectivity index (χ2n) is 6.42. The van der Waals surface area contributed by atoms with Gasteiger partial charge in [-0.15, -0.1) is 0 Å². The van der Waals surface area contributed by atoms with E-state index in [1.165, 1.54) is 57.8 Å². The van der Waals surface area contributed by atoms with Crippen LogP contribution in [-0.2, 0) is 0 Å². The molecule has 0 amide bonds. The lowest BCUT2D eigenvalue weighted by Crippen LogP contribution is -2.41. The highest BCUT2D eigenvalue weighted by Gasteiger charge is 2.42. The first-order valence-corrected chi connectivity index (χ1v) is 7.35. The van der Waals surface area contributed by atoms with E-state index in [9.17, 15) is 5.11 Å². The average Bonchev–Trinajstić information content (AvgIpc) is 2.76. The summed E-state index contributed by atoms with van der Waals surface area (Å²) in [5.74, 6) is 1.39. The Morgan fingerprint density at radius 2 is 1.75 bits per heavy atom. The lowest BCUT2D eigenvalue weighted by molar-refractivity contribution is -0.0406. The second-order valence-corrected chi connectivity index (χ2v) is 6.42. The molecule has 2 saturated carbocycles. The van der Waals surface area contributed by atoms with Gasteiger partial charge in [-0.3, -0.25) is 0 Å². The van der Waals surface area contributed by atoms with Crippen LogP contribution in [0.4, 0.5) is 0 Å². The Balaban J connectivity index is 2.03. The van der Waals surface area contributed by atoms with Gasteiger partial charge in [-0.25, -0.2) is 0 Å². The van der Waals surface area contributed by atoms with Crippen LogP contribution in [0.1, 0.15) is 71.6 Å². The van der Waals surface area contributed by atoms with Gasteiger partial charge < -0.3 is 5.11 Å². The number of aliphatic hydroxyl groups is 1. The maximum Gasteiger partial charge on any atom is 0.0624 e. The van der Waals surface area contributed by atoms with Gasteiger partial charge in [-0.2, -0.15) is 0 Å². The largest absolute Gasteiger partial charge is 0.392 e. The second kappa shape index (κ2) is 5.08. The molecule has 0 bridgehead atoms. The quantitative estimate of drug-likeness (QED) is 0.763. The van der Waals surface area contributed by atoms with Crippen molar-refractivity contribution in [3.63, 3.8) is 0 Å². The molecule has 3 unspecified atom stereocenters. The summed E-state index contributed by atoms with van der Waals surface area (Å²) in [6, 6.07) is 0. The molecule has 0 aliphatic heterocycles. The minimum Gasteiger partial charge on any atom is -0.392 e. The summed E-state index contributed by atoms with van der Waals surface area (Å²) < 4.78 is 0. The molecule has 1 nitrogen and oxygen atoms in total. The molecule has 0 aromatic carbocycles. The minimum absolute atomic E-state index is 0.0275. The maximum atomic E-state index is 10.7. The van der Waals surface area contributed by atoms with E-state index in [1.54, 1.807) is 0 Å². The van der Waals surface area contributed by atoms with Crippen LogP contribution in [0, 0.1) is 17.3 Å². The third kappa shape index (κ3) is 2.30. The van der Waals surface area contributed by atoms with Crippen molar-refractivity contribution in [2.24, 2.45) is 17.3 Å². The van der Waals surface area contributed by atoms with Gasteiger partial charge in [0, 0.05) is 0 Å². The summed E-state index contributed by atoms with van der Waals surface area (Å²) in [6.45, 7) is 4.62. The van der Waals surface area contributed by atoms with Crippen molar-refractivity contribution in [2.45, 2.75) is 77.7 Å². The first-order chi connectivity index (χ1) is 7.67. The Morgan fingerprint density at radius 3 is 2.38 bits per heavy atom. The zero-order valence-electron chi connectivity index (χ0n) is 11.0. The van der Waals surface area contributed by atoms with Gasteiger partial charge in [-0.1, -0.05) is 52.4 Å². The van der Waals surface area contributed by atoms with E-state index in [0.29, 0.717) is 5.92 Å². The van der Waals surface area contributed by atoms with E-state index < -0.39 is 0 Å². The van der Waals surface area contributed by atoms with Crippen LogP contribution in [0.3, 0.4) is 0 Å². The SMILES string of the molecule is CCC1CCCCC1C(O)C1(C)CCCC1. The molecule has 0 radical (unpaired) electrons. The van der Waals surface area contributed by atoms with Gasteiger partial charge in [0.05, 0.1) is 6.10 Å². The average molecular weight is 224 g/mol. The smallest absolute Gasteiger partial charge is 0.0624 e. The number of hydrogen-bond acceptors (Lipinski definition) is 1. The van der Waals surface area contributed by atoms with Crippen molar-refractivity contribution < 1.29 is 5.11 Å². The topological polar surface area (TPSA) is 20.2 Å². The van der Waals surface area contributed by atoms with Crippen LogP contribution in [0.15, 0.2) is 0 Å². The molecule has 2 rings (SSSR count). The molecule has 94 valence electrons. The number of aliphatic hydroxyl groups excluding tert-OH is 1. The Morgan fingerprint density at radius 1 is 1.12 bits per heavy atom. The molecule has 2 aliphatic carbocycles. The van der Waals surface area contributed by atoms with Gasteiger partial charge in [0.2, 0.25) is 0 Å². The normalized spacial score (nSPS) is 36.2. The van der Waals surface area contributed by atoms with Crippen LogP contribution in [-0.4, -0.2) is 11.2 Å². The zero-order valence-corrected chi connectivity index (χ0v) is 11.0. The fourth-order valence-electron chi connectivity index (χ4n) is 4.15. The molecular weight excluding hydrogens is 196 g/mol. The predicted octanol–water partition coefficient (Wildman–Crippen LogP) is 4.14. The Bertz CT molecular complexity index is 217. The van der Waals surface area contributed by atoms with E-state index in [0.717, 1.165) is 5.92 Å². The van der Waals surface area contributed by atoms with E-state index in [-0.39, 0.29) is 11.5 Å². The van der Waals surface area contributed by atoms with Gasteiger partial charge in [0.15, 0.2) is 0 Å². The van der Waals surface area contributed by atoms with Crippen LogP contribution in [0.2, 0.25) is 0 Å². The summed E-state index contributed by atoms with van der Waals surface area (Å²) in [4.78, 5) is 0. The molecule has 1 heteroatoms. The molecule has 0 aromatic heterocycles. The van der Waals surface area contributed by atoms with Crippen molar-refractivity contribution in [1.29, 1.82) is 0 Å². The lowest BCUT2D eigenvalue weighted by atomic mass is 9.67. The van der Waals surface area contributed by atoms with Crippen molar-refractivity contribution in [3.8, 4) is 0 Å². The predicted molar refractivity (Wildman–Crippen MR) is 68.3 cm³/mol. The van der Waals surface area contributed by atoms with E-state index in [4.69, 9.17) is 0 Å². The zero-order chi connectivity index (χ0) is 11.6. The molecule has 2 aliphatic rings. The Hall–Kier alpha value is -0.0400. The van der Waals surface area contributed by atoms with Crippen molar-refractivity contribution in [3.05, 3.63) is 0 Å². The molecule has 1 N–H and O–H groups in total. The molecule has 0 aromatic rings. The van der Waals surface area contributed by atoms with Crippen LogP contribution in [0.25, 0.3) is 0 Å². The minimum atomic E-state index is -0.0275. The fourth-order valence-corrected chi connectivity index (χ4v) is 4.15. The van der Waals surface area contributed by atoms with Crippen molar-refractivity contribution in [1.82, 2.24) is 0 Å². The van der Waals surface area contributed by atoms with Gasteiger partial charge >= 0.3 is 0 Å².